The summed E-state index contributed by atoms with van der Waals surface area (Å²) in [6, 6.07) is 10.0. The minimum Gasteiger partial charge on any atom is -0.497 e. The number of methoxy groups -OCH3 is 2. The molecule has 1 aliphatic heterocycles. The van der Waals surface area contributed by atoms with Crippen LogP contribution in [-0.2, 0) is 4.79 Å². The van der Waals surface area contributed by atoms with Gasteiger partial charge in [0.2, 0.25) is 11.8 Å². The summed E-state index contributed by atoms with van der Waals surface area (Å²) in [7, 11) is 3.05. The molecule has 3 aromatic rings. The molecule has 1 aliphatic rings. The summed E-state index contributed by atoms with van der Waals surface area (Å²) in [5.74, 6) is 0.255. The maximum atomic E-state index is 12.9. The van der Waals surface area contributed by atoms with Crippen molar-refractivity contribution in [2.24, 2.45) is 5.10 Å². The minimum atomic E-state index is -0.789. The Morgan fingerprint density at radius 3 is 2.42 bits per heavy atom. The SMILES string of the molecule is CCC(=O)N1N=C(c2c(O)n(-c3cc(C)cc(C)c3)c(=O)[nH]c2=O)C[C@H]1c1ccc(OC)cc1OC. The number of ether oxygens (including phenoxy) is 2. The summed E-state index contributed by atoms with van der Waals surface area (Å²) in [6.07, 6.45) is 0.298. The van der Waals surface area contributed by atoms with Crippen molar-refractivity contribution in [1.29, 1.82) is 0 Å². The third-order valence-corrected chi connectivity index (χ3v) is 6.11. The van der Waals surface area contributed by atoms with Gasteiger partial charge in [-0.3, -0.25) is 14.6 Å². The lowest BCUT2D eigenvalue weighted by Crippen LogP contribution is -2.33. The van der Waals surface area contributed by atoms with E-state index in [0.29, 0.717) is 22.7 Å². The topological polar surface area (TPSA) is 126 Å². The van der Waals surface area contributed by atoms with Crippen molar-refractivity contribution in [3.63, 3.8) is 0 Å². The second-order valence-corrected chi connectivity index (χ2v) is 8.61. The van der Waals surface area contributed by atoms with Crippen LogP contribution in [0, 0.1) is 13.8 Å². The zero-order chi connectivity index (χ0) is 26.1. The van der Waals surface area contributed by atoms with E-state index in [1.807, 2.05) is 19.9 Å². The van der Waals surface area contributed by atoms with Gasteiger partial charge in [0.25, 0.3) is 5.56 Å². The number of H-pyrrole nitrogens is 1. The third kappa shape index (κ3) is 4.37. The molecule has 0 spiro atoms. The normalized spacial score (nSPS) is 15.1. The highest BCUT2D eigenvalue weighted by Crippen LogP contribution is 2.39. The van der Waals surface area contributed by atoms with E-state index in [-0.39, 0.29) is 30.0 Å². The van der Waals surface area contributed by atoms with E-state index in [1.54, 1.807) is 37.3 Å². The molecular weight excluding hydrogens is 464 g/mol. The predicted octanol–water partition coefficient (Wildman–Crippen LogP) is 2.95. The number of hydrazone groups is 1. The van der Waals surface area contributed by atoms with Crippen LogP contribution in [0.1, 0.15) is 48.1 Å². The average Bonchev–Trinajstić information content (AvgIpc) is 3.26. The van der Waals surface area contributed by atoms with Crippen LogP contribution in [0.3, 0.4) is 0 Å². The van der Waals surface area contributed by atoms with E-state index in [2.05, 4.69) is 10.1 Å². The van der Waals surface area contributed by atoms with Crippen molar-refractivity contribution in [2.75, 3.05) is 14.2 Å². The van der Waals surface area contributed by atoms with Gasteiger partial charge in [-0.1, -0.05) is 13.0 Å². The first-order valence-electron chi connectivity index (χ1n) is 11.5. The molecule has 0 aliphatic carbocycles. The maximum absolute atomic E-state index is 12.9. The monoisotopic (exact) mass is 492 g/mol. The molecule has 1 aromatic heterocycles. The number of hydrogen-bond acceptors (Lipinski definition) is 7. The van der Waals surface area contributed by atoms with Crippen molar-refractivity contribution in [3.8, 4) is 23.1 Å². The molecule has 4 rings (SSSR count). The van der Waals surface area contributed by atoms with Gasteiger partial charge in [0.1, 0.15) is 17.1 Å². The first-order valence-corrected chi connectivity index (χ1v) is 11.5. The summed E-state index contributed by atoms with van der Waals surface area (Å²) in [6.45, 7) is 5.45. The smallest absolute Gasteiger partial charge is 0.335 e. The molecule has 2 N–H and O–H groups in total. The molecule has 188 valence electrons. The Labute approximate surface area is 207 Å². The zero-order valence-electron chi connectivity index (χ0n) is 20.8. The fraction of sp³-hybridized carbons (Fsp3) is 0.308. The number of hydrogen-bond donors (Lipinski definition) is 2. The molecule has 10 nitrogen and oxygen atoms in total. The van der Waals surface area contributed by atoms with Crippen molar-refractivity contribution < 1.29 is 19.4 Å². The van der Waals surface area contributed by atoms with Gasteiger partial charge < -0.3 is 14.6 Å². The highest BCUT2D eigenvalue weighted by atomic mass is 16.5. The summed E-state index contributed by atoms with van der Waals surface area (Å²) in [5.41, 5.74) is 1.28. The second-order valence-electron chi connectivity index (χ2n) is 8.61. The Kier molecular flexibility index (Phi) is 6.69. The molecule has 0 fully saturated rings. The number of aryl methyl sites for hydroxylation is 2. The van der Waals surface area contributed by atoms with Gasteiger partial charge in [0.15, 0.2) is 0 Å². The minimum absolute atomic E-state index is 0.121. The number of carbonyl (C=O) groups excluding carboxylic acids is 1. The molecule has 0 unspecified atom stereocenters. The number of nitrogens with one attached hydrogen (secondary N) is 1. The van der Waals surface area contributed by atoms with Gasteiger partial charge in [-0.15, -0.1) is 0 Å². The number of aromatic nitrogens is 2. The molecule has 0 saturated carbocycles. The van der Waals surface area contributed by atoms with Crippen molar-refractivity contribution >= 4 is 11.6 Å². The van der Waals surface area contributed by atoms with Crippen LogP contribution in [0.25, 0.3) is 5.69 Å². The number of nitrogens with zero attached hydrogens (tertiary/aromatic N) is 3. The Balaban J connectivity index is 1.87. The fourth-order valence-corrected chi connectivity index (χ4v) is 4.49. The first-order chi connectivity index (χ1) is 17.2. The van der Waals surface area contributed by atoms with E-state index in [9.17, 15) is 19.5 Å². The van der Waals surface area contributed by atoms with Crippen molar-refractivity contribution in [3.05, 3.63) is 79.5 Å². The van der Waals surface area contributed by atoms with Gasteiger partial charge in [-0.25, -0.2) is 14.4 Å². The molecule has 0 saturated heterocycles. The summed E-state index contributed by atoms with van der Waals surface area (Å²) in [4.78, 5) is 40.7. The number of benzene rings is 2. The standard InChI is InChI=1S/C26H28N4O6/c1-6-22(31)30-20(18-8-7-17(35-4)12-21(18)36-5)13-19(28-30)23-24(32)27-26(34)29(25(23)33)16-10-14(2)9-15(3)11-16/h7-12,20,33H,6,13H2,1-5H3,(H,27,32,34)/t20-/m0/s1. The number of aromatic hydroxyl groups is 1. The van der Waals surface area contributed by atoms with E-state index < -0.39 is 23.2 Å². The van der Waals surface area contributed by atoms with Gasteiger partial charge in [-0.2, -0.15) is 5.10 Å². The Bertz CT molecular complexity index is 1470. The van der Waals surface area contributed by atoms with Gasteiger partial charge in [0.05, 0.1) is 31.7 Å². The Morgan fingerprint density at radius 1 is 1.11 bits per heavy atom. The molecule has 36 heavy (non-hydrogen) atoms. The number of rotatable bonds is 6. The molecule has 2 heterocycles. The fourth-order valence-electron chi connectivity index (χ4n) is 4.49. The maximum Gasteiger partial charge on any atom is 0.335 e. The molecular formula is C26H28N4O6. The lowest BCUT2D eigenvalue weighted by atomic mass is 9.98. The van der Waals surface area contributed by atoms with Crippen LogP contribution < -0.4 is 20.7 Å². The molecule has 0 bridgehead atoms. The summed E-state index contributed by atoms with van der Waals surface area (Å²) >= 11 is 0. The first kappa shape index (κ1) is 24.8. The quantitative estimate of drug-likeness (QED) is 0.545. The van der Waals surface area contributed by atoms with E-state index in [0.717, 1.165) is 15.7 Å². The zero-order valence-corrected chi connectivity index (χ0v) is 20.8. The highest BCUT2D eigenvalue weighted by molar-refractivity contribution is 6.04. The third-order valence-electron chi connectivity index (χ3n) is 6.11. The summed E-state index contributed by atoms with van der Waals surface area (Å²) in [5, 5.41) is 16.9. The van der Waals surface area contributed by atoms with Crippen LogP contribution in [0.4, 0.5) is 0 Å². The van der Waals surface area contributed by atoms with Crippen LogP contribution in [0.5, 0.6) is 17.4 Å². The number of carbonyl (C=O) groups is 1. The van der Waals surface area contributed by atoms with Gasteiger partial charge >= 0.3 is 5.69 Å². The molecule has 10 heteroatoms. The lowest BCUT2D eigenvalue weighted by Gasteiger charge is -2.23. The van der Waals surface area contributed by atoms with Crippen LogP contribution >= 0.6 is 0 Å². The second kappa shape index (κ2) is 9.73. The van der Waals surface area contributed by atoms with E-state index in [4.69, 9.17) is 9.47 Å². The number of aromatic amines is 1. The molecule has 0 radical (unpaired) electrons. The lowest BCUT2D eigenvalue weighted by molar-refractivity contribution is -0.132. The number of amides is 1. The molecule has 1 amide bonds. The highest BCUT2D eigenvalue weighted by Gasteiger charge is 2.36. The largest absolute Gasteiger partial charge is 0.497 e. The van der Waals surface area contributed by atoms with Crippen molar-refractivity contribution in [2.45, 2.75) is 39.7 Å². The van der Waals surface area contributed by atoms with Gasteiger partial charge in [0, 0.05) is 24.5 Å². The van der Waals surface area contributed by atoms with Gasteiger partial charge in [-0.05, 0) is 49.2 Å². The predicted molar refractivity (Wildman–Crippen MR) is 134 cm³/mol. The van der Waals surface area contributed by atoms with Crippen molar-refractivity contribution in [1.82, 2.24) is 14.6 Å². The van der Waals surface area contributed by atoms with E-state index >= 15 is 0 Å². The van der Waals surface area contributed by atoms with E-state index in [1.165, 1.54) is 19.2 Å². The average molecular weight is 493 g/mol. The van der Waals surface area contributed by atoms with Crippen LogP contribution in [-0.4, -0.2) is 45.5 Å². The Morgan fingerprint density at radius 2 is 1.81 bits per heavy atom. The van der Waals surface area contributed by atoms with Crippen LogP contribution in [0.2, 0.25) is 0 Å². The van der Waals surface area contributed by atoms with Crippen LogP contribution in [0.15, 0.2) is 51.1 Å². The molecule has 1 atom stereocenters. The molecule has 2 aromatic carbocycles. The summed E-state index contributed by atoms with van der Waals surface area (Å²) < 4.78 is 11.8. The Hall–Kier alpha value is -4.34.